The van der Waals surface area contributed by atoms with E-state index in [1.165, 1.54) is 37.6 Å². The first-order chi connectivity index (χ1) is 15.2. The van der Waals surface area contributed by atoms with Gasteiger partial charge in [-0.05, 0) is 38.1 Å². The van der Waals surface area contributed by atoms with E-state index >= 15 is 0 Å². The molecule has 10 nitrogen and oxygen atoms in total. The lowest BCUT2D eigenvalue weighted by Gasteiger charge is -2.18. The van der Waals surface area contributed by atoms with Crippen LogP contribution in [0.4, 0.5) is 5.82 Å². The molecule has 170 valence electrons. The van der Waals surface area contributed by atoms with E-state index < -0.39 is 0 Å². The highest BCUT2D eigenvalue weighted by Gasteiger charge is 2.21. The lowest BCUT2D eigenvalue weighted by Crippen LogP contribution is -2.23. The van der Waals surface area contributed by atoms with Gasteiger partial charge >= 0.3 is 0 Å². The number of rotatable bonds is 7. The van der Waals surface area contributed by atoms with Crippen LogP contribution in [0, 0.1) is 0 Å². The summed E-state index contributed by atoms with van der Waals surface area (Å²) in [5.74, 6) is 0.433. The molecule has 0 radical (unpaired) electrons. The van der Waals surface area contributed by atoms with Gasteiger partial charge in [-0.15, -0.1) is 0 Å². The van der Waals surface area contributed by atoms with Crippen LogP contribution in [0.15, 0.2) is 37.2 Å². The summed E-state index contributed by atoms with van der Waals surface area (Å²) < 4.78 is 9.64. The number of likely N-dealkylation sites (tertiary alicyclic amines) is 1. The van der Waals surface area contributed by atoms with Gasteiger partial charge in [0.2, 0.25) is 0 Å². The van der Waals surface area contributed by atoms with Gasteiger partial charge in [0.15, 0.2) is 11.5 Å². The molecule has 10 heteroatoms. The number of aromatic amines is 1. The molecule has 4 rings (SSSR count). The molecule has 3 aromatic heterocycles. The summed E-state index contributed by atoms with van der Waals surface area (Å²) in [6.07, 6.45) is 9.33. The summed E-state index contributed by atoms with van der Waals surface area (Å²) in [6, 6.07) is 4.79. The van der Waals surface area contributed by atoms with Gasteiger partial charge in [0.25, 0.3) is 0 Å². The first kappa shape index (κ1) is 24.6. The van der Waals surface area contributed by atoms with Crippen LogP contribution in [0.25, 0.3) is 11.2 Å². The van der Waals surface area contributed by atoms with E-state index in [-0.39, 0.29) is 0 Å². The quantitative estimate of drug-likeness (QED) is 0.479. The number of anilines is 1. The van der Waals surface area contributed by atoms with Gasteiger partial charge in [0, 0.05) is 45.7 Å². The molecule has 0 saturated carbocycles. The molecule has 1 aliphatic rings. The Balaban J connectivity index is 0.000000168. The minimum Gasteiger partial charge on any atom is -0.383 e. The Kier molecular flexibility index (Phi) is 11.4. The molecule has 31 heavy (non-hydrogen) atoms. The smallest absolute Gasteiger partial charge is 0.182 e. The Bertz CT molecular complexity index is 840. The maximum absolute atomic E-state index is 5.48. The van der Waals surface area contributed by atoms with Gasteiger partial charge in [-0.1, -0.05) is 6.07 Å². The third-order valence-electron chi connectivity index (χ3n) is 4.81. The predicted octanol–water partition coefficient (Wildman–Crippen LogP) is 1.65. The van der Waals surface area contributed by atoms with Crippen LogP contribution in [0.3, 0.4) is 0 Å². The molecule has 1 saturated heterocycles. The summed E-state index contributed by atoms with van der Waals surface area (Å²) in [4.78, 5) is 20.9. The molecule has 3 aromatic rings. The largest absolute Gasteiger partial charge is 0.383 e. The normalized spacial score (nSPS) is 15.8. The van der Waals surface area contributed by atoms with Crippen LogP contribution in [0.2, 0.25) is 0 Å². The number of methoxy groups -OCH3 is 2. The van der Waals surface area contributed by atoms with Gasteiger partial charge in [-0.2, -0.15) is 0 Å². The molecule has 1 aliphatic heterocycles. The van der Waals surface area contributed by atoms with E-state index in [0.29, 0.717) is 23.0 Å². The van der Waals surface area contributed by atoms with Gasteiger partial charge in [-0.25, -0.2) is 15.0 Å². The van der Waals surface area contributed by atoms with Crippen molar-refractivity contribution >= 4 is 17.0 Å². The fraction of sp³-hybridized carbons (Fsp3) is 0.524. The topological polar surface area (TPSA) is 127 Å². The van der Waals surface area contributed by atoms with Crippen molar-refractivity contribution in [2.75, 3.05) is 59.8 Å². The number of pyridine rings is 1. The van der Waals surface area contributed by atoms with Gasteiger partial charge < -0.3 is 25.5 Å². The molecule has 0 aliphatic carbocycles. The predicted molar refractivity (Wildman–Crippen MR) is 122 cm³/mol. The van der Waals surface area contributed by atoms with Crippen molar-refractivity contribution in [2.24, 2.45) is 0 Å². The highest BCUT2D eigenvalue weighted by atomic mass is 16.5. The number of nitrogens with one attached hydrogen (secondary N) is 2. The first-order valence-electron chi connectivity index (χ1n) is 10.4. The van der Waals surface area contributed by atoms with E-state index in [2.05, 4.69) is 48.3 Å². The van der Waals surface area contributed by atoms with Crippen molar-refractivity contribution in [3.05, 3.63) is 42.7 Å². The molecule has 4 heterocycles. The standard InChI is InChI=1S/C10H14N2.C6H15NO2.C5H5N5/c1-12-7-3-5-10(12)9-4-2-6-11-8-9;1-8-5-3-7-4-6-9-2;6-4-3-5(9-1-7-3)10-2-8-4/h2,4,6,8,10H,3,5,7H2,1H3;7H,3-6H2,1-2H3;1-2H,(H3,6,7,8,9,10). The van der Waals surface area contributed by atoms with Crippen molar-refractivity contribution in [3.63, 3.8) is 0 Å². The molecule has 0 aromatic carbocycles. The Labute approximate surface area is 183 Å². The summed E-state index contributed by atoms with van der Waals surface area (Å²) in [6.45, 7) is 4.56. The second-order valence-electron chi connectivity index (χ2n) is 7.02. The number of nitrogen functional groups attached to an aromatic ring is 1. The number of H-pyrrole nitrogens is 1. The fourth-order valence-corrected chi connectivity index (χ4v) is 3.16. The van der Waals surface area contributed by atoms with E-state index in [1.54, 1.807) is 14.2 Å². The molecule has 1 unspecified atom stereocenters. The molecule has 1 fully saturated rings. The number of hydrogen-bond acceptors (Lipinski definition) is 9. The molecule has 1 atom stereocenters. The minimum absolute atomic E-state index is 0.433. The van der Waals surface area contributed by atoms with Crippen LogP contribution in [-0.4, -0.2) is 83.9 Å². The minimum atomic E-state index is 0.433. The SMILES string of the molecule is CN1CCCC1c1cccnc1.COCCNCCOC.Nc1ncnc2nc[nH]c12. The van der Waals surface area contributed by atoms with Crippen molar-refractivity contribution < 1.29 is 9.47 Å². The van der Waals surface area contributed by atoms with Gasteiger partial charge in [0.1, 0.15) is 11.8 Å². The number of hydrogen-bond donors (Lipinski definition) is 3. The second kappa shape index (κ2) is 14.4. The number of ether oxygens (including phenoxy) is 2. The molecule has 0 spiro atoms. The van der Waals surface area contributed by atoms with Crippen LogP contribution >= 0.6 is 0 Å². The average Bonchev–Trinajstić information content (AvgIpc) is 3.45. The van der Waals surface area contributed by atoms with Gasteiger partial charge in [-0.3, -0.25) is 9.88 Å². The van der Waals surface area contributed by atoms with Crippen LogP contribution in [-0.2, 0) is 9.47 Å². The Morgan fingerprint density at radius 3 is 2.55 bits per heavy atom. The third-order valence-corrected chi connectivity index (χ3v) is 4.81. The van der Waals surface area contributed by atoms with E-state index in [0.717, 1.165) is 26.3 Å². The summed E-state index contributed by atoms with van der Waals surface area (Å²) in [7, 11) is 5.57. The van der Waals surface area contributed by atoms with Crippen LogP contribution in [0.1, 0.15) is 24.4 Å². The molecule has 0 amide bonds. The highest BCUT2D eigenvalue weighted by Crippen LogP contribution is 2.29. The molecule has 4 N–H and O–H groups in total. The van der Waals surface area contributed by atoms with E-state index in [4.69, 9.17) is 15.2 Å². The number of fused-ring (bicyclic) bond motifs is 1. The van der Waals surface area contributed by atoms with Crippen molar-refractivity contribution in [2.45, 2.75) is 18.9 Å². The third kappa shape index (κ3) is 8.54. The number of aromatic nitrogens is 5. The molecular formula is C21H34N8O2. The fourth-order valence-electron chi connectivity index (χ4n) is 3.16. The number of nitrogens with two attached hydrogens (primary N) is 1. The van der Waals surface area contributed by atoms with Crippen molar-refractivity contribution in [1.29, 1.82) is 0 Å². The number of nitrogens with zero attached hydrogens (tertiary/aromatic N) is 5. The highest BCUT2D eigenvalue weighted by molar-refractivity contribution is 5.80. The van der Waals surface area contributed by atoms with Crippen LogP contribution < -0.4 is 11.1 Å². The van der Waals surface area contributed by atoms with Crippen molar-refractivity contribution in [1.82, 2.24) is 35.1 Å². The Morgan fingerprint density at radius 1 is 1.19 bits per heavy atom. The lowest BCUT2D eigenvalue weighted by molar-refractivity contribution is 0.180. The molecule has 0 bridgehead atoms. The summed E-state index contributed by atoms with van der Waals surface area (Å²) in [5, 5.41) is 3.14. The summed E-state index contributed by atoms with van der Waals surface area (Å²) >= 11 is 0. The second-order valence-corrected chi connectivity index (χ2v) is 7.02. The van der Waals surface area contributed by atoms with Crippen LogP contribution in [0.5, 0.6) is 0 Å². The maximum Gasteiger partial charge on any atom is 0.182 e. The summed E-state index contributed by atoms with van der Waals surface area (Å²) in [5.41, 5.74) is 8.14. The lowest BCUT2D eigenvalue weighted by atomic mass is 10.1. The average molecular weight is 431 g/mol. The zero-order valence-corrected chi connectivity index (χ0v) is 18.6. The van der Waals surface area contributed by atoms with E-state index in [1.807, 2.05) is 18.5 Å². The monoisotopic (exact) mass is 430 g/mol. The van der Waals surface area contributed by atoms with Gasteiger partial charge in [0.05, 0.1) is 19.5 Å². The number of imidazole rings is 1. The first-order valence-corrected chi connectivity index (χ1v) is 10.4. The maximum atomic E-state index is 5.48. The Hall–Kier alpha value is -2.66. The zero-order valence-electron chi connectivity index (χ0n) is 18.6. The Morgan fingerprint density at radius 2 is 1.97 bits per heavy atom. The molecular weight excluding hydrogens is 396 g/mol. The van der Waals surface area contributed by atoms with Crippen molar-refractivity contribution in [3.8, 4) is 0 Å². The van der Waals surface area contributed by atoms with E-state index in [9.17, 15) is 0 Å². The zero-order chi connectivity index (χ0) is 22.3.